The van der Waals surface area contributed by atoms with Crippen LogP contribution in [0.25, 0.3) is 0 Å². The summed E-state index contributed by atoms with van der Waals surface area (Å²) in [5.41, 5.74) is 0. The second-order valence-corrected chi connectivity index (χ2v) is 3.93. The number of cyclic esters (lactones) is 1. The number of rotatable bonds is 4. The molecule has 0 saturated carbocycles. The molecule has 86 valence electrons. The van der Waals surface area contributed by atoms with E-state index >= 15 is 0 Å². The van der Waals surface area contributed by atoms with Gasteiger partial charge in [0.15, 0.2) is 0 Å². The van der Waals surface area contributed by atoms with Gasteiger partial charge in [0.05, 0.1) is 6.61 Å². The van der Waals surface area contributed by atoms with E-state index in [9.17, 15) is 9.59 Å². The Balaban J connectivity index is 2.23. The molecule has 1 fully saturated rings. The molecule has 0 radical (unpaired) electrons. The molecule has 1 aliphatic rings. The number of hydrogen-bond acceptors (Lipinski definition) is 3. The molecule has 1 saturated heterocycles. The van der Waals surface area contributed by atoms with E-state index in [1.807, 2.05) is 13.8 Å². The predicted molar refractivity (Wildman–Crippen MR) is 55.4 cm³/mol. The van der Waals surface area contributed by atoms with Gasteiger partial charge in [-0.1, -0.05) is 0 Å². The highest BCUT2D eigenvalue weighted by Gasteiger charge is 2.19. The first-order chi connectivity index (χ1) is 7.09. The van der Waals surface area contributed by atoms with E-state index in [1.165, 1.54) is 0 Å². The largest absolute Gasteiger partial charge is 0.449 e. The standard InChI is InChI=1S/C10H18N2O3/c1-8(2)11-9(13)4-6-12-5-3-7-15-10(12)14/h8H,3-7H2,1-2H3,(H,11,13). The first kappa shape index (κ1) is 11.8. The van der Waals surface area contributed by atoms with Crippen molar-refractivity contribution in [3.63, 3.8) is 0 Å². The molecule has 5 heteroatoms. The molecule has 2 amide bonds. The number of hydrogen-bond donors (Lipinski definition) is 1. The molecule has 15 heavy (non-hydrogen) atoms. The fourth-order valence-electron chi connectivity index (χ4n) is 1.43. The summed E-state index contributed by atoms with van der Waals surface area (Å²) < 4.78 is 4.86. The molecule has 5 nitrogen and oxygen atoms in total. The van der Waals surface area contributed by atoms with Crippen molar-refractivity contribution >= 4 is 12.0 Å². The average molecular weight is 214 g/mol. The van der Waals surface area contributed by atoms with Crippen LogP contribution in [0.3, 0.4) is 0 Å². The summed E-state index contributed by atoms with van der Waals surface area (Å²) in [7, 11) is 0. The Labute approximate surface area is 89.8 Å². The summed E-state index contributed by atoms with van der Waals surface area (Å²) in [5.74, 6) is -0.0247. The first-order valence-corrected chi connectivity index (χ1v) is 5.30. The lowest BCUT2D eigenvalue weighted by molar-refractivity contribution is -0.121. The lowest BCUT2D eigenvalue weighted by Crippen LogP contribution is -2.40. The highest BCUT2D eigenvalue weighted by molar-refractivity contribution is 5.77. The molecular formula is C10H18N2O3. The summed E-state index contributed by atoms with van der Waals surface area (Å²) in [6, 6.07) is 0.144. The van der Waals surface area contributed by atoms with E-state index in [4.69, 9.17) is 4.74 Å². The van der Waals surface area contributed by atoms with E-state index in [0.717, 1.165) is 6.42 Å². The van der Waals surface area contributed by atoms with Crippen molar-refractivity contribution in [2.45, 2.75) is 32.7 Å². The second-order valence-electron chi connectivity index (χ2n) is 3.93. The van der Waals surface area contributed by atoms with Crippen molar-refractivity contribution in [3.05, 3.63) is 0 Å². The SMILES string of the molecule is CC(C)NC(=O)CCN1CCCOC1=O. The van der Waals surface area contributed by atoms with E-state index in [-0.39, 0.29) is 18.0 Å². The van der Waals surface area contributed by atoms with Gasteiger partial charge < -0.3 is 15.0 Å². The third-order valence-electron chi connectivity index (χ3n) is 2.11. The maximum absolute atomic E-state index is 11.3. The summed E-state index contributed by atoms with van der Waals surface area (Å²) >= 11 is 0. The van der Waals surface area contributed by atoms with Crippen LogP contribution in [0.1, 0.15) is 26.7 Å². The van der Waals surface area contributed by atoms with Gasteiger partial charge in [0.2, 0.25) is 5.91 Å². The fourth-order valence-corrected chi connectivity index (χ4v) is 1.43. The molecule has 1 aliphatic heterocycles. The highest BCUT2D eigenvalue weighted by atomic mass is 16.6. The molecule has 0 unspecified atom stereocenters. The zero-order valence-electron chi connectivity index (χ0n) is 9.28. The molecule has 0 aromatic heterocycles. The van der Waals surface area contributed by atoms with Gasteiger partial charge in [-0.05, 0) is 20.3 Å². The second kappa shape index (κ2) is 5.58. The van der Waals surface area contributed by atoms with Gasteiger partial charge in [-0.15, -0.1) is 0 Å². The zero-order chi connectivity index (χ0) is 11.3. The summed E-state index contributed by atoms with van der Waals surface area (Å²) in [6.45, 7) is 5.44. The van der Waals surface area contributed by atoms with Crippen molar-refractivity contribution in [2.24, 2.45) is 0 Å². The Morgan fingerprint density at radius 1 is 1.60 bits per heavy atom. The lowest BCUT2D eigenvalue weighted by Gasteiger charge is -2.26. The monoisotopic (exact) mass is 214 g/mol. The van der Waals surface area contributed by atoms with Gasteiger partial charge in [0.25, 0.3) is 0 Å². The predicted octanol–water partition coefficient (Wildman–Crippen LogP) is 0.743. The normalized spacial score (nSPS) is 16.5. The van der Waals surface area contributed by atoms with Gasteiger partial charge in [-0.2, -0.15) is 0 Å². The number of amides is 2. The topological polar surface area (TPSA) is 58.6 Å². The lowest BCUT2D eigenvalue weighted by atomic mass is 10.3. The van der Waals surface area contributed by atoms with Crippen molar-refractivity contribution < 1.29 is 14.3 Å². The van der Waals surface area contributed by atoms with Crippen LogP contribution in [-0.2, 0) is 9.53 Å². The van der Waals surface area contributed by atoms with Crippen LogP contribution < -0.4 is 5.32 Å². The van der Waals surface area contributed by atoms with Gasteiger partial charge in [-0.3, -0.25) is 4.79 Å². The fraction of sp³-hybridized carbons (Fsp3) is 0.800. The third-order valence-corrected chi connectivity index (χ3v) is 2.11. The van der Waals surface area contributed by atoms with Crippen molar-refractivity contribution in [2.75, 3.05) is 19.7 Å². The Bertz CT molecular complexity index is 241. The van der Waals surface area contributed by atoms with Crippen LogP contribution in [-0.4, -0.2) is 42.6 Å². The van der Waals surface area contributed by atoms with E-state index in [1.54, 1.807) is 4.90 Å². The smallest absolute Gasteiger partial charge is 0.409 e. The molecule has 1 heterocycles. The molecule has 0 aromatic rings. The molecule has 0 aromatic carbocycles. The number of carbonyl (C=O) groups is 2. The van der Waals surface area contributed by atoms with Gasteiger partial charge in [-0.25, -0.2) is 4.79 Å². The van der Waals surface area contributed by atoms with Crippen LogP contribution in [0, 0.1) is 0 Å². The zero-order valence-corrected chi connectivity index (χ0v) is 9.28. The number of nitrogens with one attached hydrogen (secondary N) is 1. The molecule has 1 rings (SSSR count). The van der Waals surface area contributed by atoms with Crippen LogP contribution in [0.15, 0.2) is 0 Å². The van der Waals surface area contributed by atoms with E-state index in [2.05, 4.69) is 5.32 Å². The van der Waals surface area contributed by atoms with Crippen molar-refractivity contribution in [1.82, 2.24) is 10.2 Å². The maximum Gasteiger partial charge on any atom is 0.409 e. The molecule has 0 bridgehead atoms. The minimum atomic E-state index is -0.307. The number of nitrogens with zero attached hydrogens (tertiary/aromatic N) is 1. The van der Waals surface area contributed by atoms with Crippen molar-refractivity contribution in [3.8, 4) is 0 Å². The van der Waals surface area contributed by atoms with E-state index < -0.39 is 0 Å². The van der Waals surface area contributed by atoms with Crippen molar-refractivity contribution in [1.29, 1.82) is 0 Å². The van der Waals surface area contributed by atoms with Gasteiger partial charge in [0, 0.05) is 25.6 Å². The van der Waals surface area contributed by atoms with Crippen LogP contribution >= 0.6 is 0 Å². The Morgan fingerprint density at radius 2 is 2.33 bits per heavy atom. The van der Waals surface area contributed by atoms with E-state index in [0.29, 0.717) is 26.1 Å². The quantitative estimate of drug-likeness (QED) is 0.751. The first-order valence-electron chi connectivity index (χ1n) is 5.30. The van der Waals surface area contributed by atoms with Gasteiger partial charge in [0.1, 0.15) is 0 Å². The van der Waals surface area contributed by atoms with Gasteiger partial charge >= 0.3 is 6.09 Å². The third kappa shape index (κ3) is 4.18. The molecule has 0 spiro atoms. The minimum Gasteiger partial charge on any atom is -0.449 e. The van der Waals surface area contributed by atoms with Crippen LogP contribution in [0.4, 0.5) is 4.79 Å². The molecule has 0 atom stereocenters. The number of ether oxygens (including phenoxy) is 1. The Kier molecular flexibility index (Phi) is 4.39. The highest BCUT2D eigenvalue weighted by Crippen LogP contribution is 2.04. The summed E-state index contributed by atoms with van der Waals surface area (Å²) in [5, 5.41) is 2.78. The summed E-state index contributed by atoms with van der Waals surface area (Å²) in [4.78, 5) is 24.1. The van der Waals surface area contributed by atoms with Crippen LogP contribution in [0.5, 0.6) is 0 Å². The Morgan fingerprint density at radius 3 is 2.93 bits per heavy atom. The minimum absolute atomic E-state index is 0.0247. The summed E-state index contributed by atoms with van der Waals surface area (Å²) in [6.07, 6.45) is 0.878. The van der Waals surface area contributed by atoms with Crippen LogP contribution in [0.2, 0.25) is 0 Å². The molecular weight excluding hydrogens is 196 g/mol. The molecule has 1 N–H and O–H groups in total. The average Bonchev–Trinajstić information content (AvgIpc) is 2.15. The Hall–Kier alpha value is -1.26. The molecule has 0 aliphatic carbocycles. The number of carbonyl (C=O) groups excluding carboxylic acids is 2. The maximum atomic E-state index is 11.3.